The second kappa shape index (κ2) is 10.2. The van der Waals surface area contributed by atoms with Crippen molar-refractivity contribution >= 4 is 23.3 Å². The number of hydrogen-bond donors (Lipinski definition) is 3. The van der Waals surface area contributed by atoms with E-state index in [0.29, 0.717) is 42.6 Å². The molecule has 0 aliphatic heterocycles. The molecule has 1 fully saturated rings. The van der Waals surface area contributed by atoms with Crippen LogP contribution in [0.1, 0.15) is 63.4 Å². The van der Waals surface area contributed by atoms with E-state index in [1.165, 1.54) is 22.8 Å². The second-order valence-electron chi connectivity index (χ2n) is 8.50. The molecule has 3 N–H and O–H groups in total. The average molecular weight is 462 g/mol. The maximum absolute atomic E-state index is 13.5. The highest BCUT2D eigenvalue weighted by Crippen LogP contribution is 2.25. The molecule has 1 aromatic heterocycles. The number of ketones is 1. The number of aromatic nitrogens is 1. The molecular formula is C24H29F2N3O4. The van der Waals surface area contributed by atoms with Crippen LogP contribution in [-0.2, 0) is 11.3 Å². The molecular weight excluding hydrogens is 432 g/mol. The standard InChI is InChI=1S/C24H29F2N3O4/c1-13-12-17(6-9-19(13)26)28-23(32)20-14(2)21(29(11-10-25)15(20)3)22(31)24(33)27-16-4-7-18(30)8-5-16/h6,9,12,16,18,30H,4-5,7-8,10-11H2,1-3H3,(H,27,33)(H,28,32)/t16-,18-. The molecule has 0 unspecified atom stereocenters. The van der Waals surface area contributed by atoms with Crippen molar-refractivity contribution in [3.05, 3.63) is 52.1 Å². The lowest BCUT2D eigenvalue weighted by atomic mass is 9.93. The highest BCUT2D eigenvalue weighted by Gasteiger charge is 2.31. The summed E-state index contributed by atoms with van der Waals surface area (Å²) >= 11 is 0. The number of benzene rings is 1. The van der Waals surface area contributed by atoms with Crippen LogP contribution in [0.25, 0.3) is 0 Å². The molecule has 1 saturated carbocycles. The fourth-order valence-electron chi connectivity index (χ4n) is 4.38. The smallest absolute Gasteiger partial charge is 0.294 e. The summed E-state index contributed by atoms with van der Waals surface area (Å²) < 4.78 is 28.2. The molecule has 2 amide bonds. The minimum absolute atomic E-state index is 0.0288. The number of alkyl halides is 1. The molecule has 178 valence electrons. The Morgan fingerprint density at radius 3 is 2.39 bits per heavy atom. The molecule has 0 saturated heterocycles. The van der Waals surface area contributed by atoms with E-state index in [0.717, 1.165) is 0 Å². The first-order valence-electron chi connectivity index (χ1n) is 11.0. The van der Waals surface area contributed by atoms with Crippen LogP contribution in [0.5, 0.6) is 0 Å². The molecule has 0 bridgehead atoms. The fourth-order valence-corrected chi connectivity index (χ4v) is 4.38. The van der Waals surface area contributed by atoms with Gasteiger partial charge in [-0.2, -0.15) is 0 Å². The van der Waals surface area contributed by atoms with Crippen LogP contribution in [0.3, 0.4) is 0 Å². The number of halogens is 2. The van der Waals surface area contributed by atoms with E-state index in [4.69, 9.17) is 0 Å². The van der Waals surface area contributed by atoms with Crippen molar-refractivity contribution in [3.8, 4) is 0 Å². The third-order valence-electron chi connectivity index (χ3n) is 6.17. The number of carbonyl (C=O) groups is 3. The number of aliphatic hydroxyl groups is 1. The van der Waals surface area contributed by atoms with E-state index < -0.39 is 36.2 Å². The largest absolute Gasteiger partial charge is 0.393 e. The van der Waals surface area contributed by atoms with Gasteiger partial charge in [-0.25, -0.2) is 8.78 Å². The molecule has 2 aromatic rings. The molecule has 3 rings (SSSR count). The number of hydrogen-bond acceptors (Lipinski definition) is 4. The van der Waals surface area contributed by atoms with Gasteiger partial charge in [-0.05, 0) is 75.8 Å². The SMILES string of the molecule is Cc1cc(NC(=O)c2c(C)c(C(=O)C(=O)N[C@H]3CC[C@H](O)CC3)n(CCF)c2C)ccc1F. The number of Topliss-reactive ketones (excluding diaryl/α,β-unsaturated/α-hetero) is 1. The summed E-state index contributed by atoms with van der Waals surface area (Å²) in [6.45, 7) is 3.74. The predicted octanol–water partition coefficient (Wildman–Crippen LogP) is 3.38. The Bertz CT molecular complexity index is 1070. The second-order valence-corrected chi connectivity index (χ2v) is 8.50. The van der Waals surface area contributed by atoms with Gasteiger partial charge in [-0.3, -0.25) is 14.4 Å². The lowest BCUT2D eigenvalue weighted by molar-refractivity contribution is -0.118. The third-order valence-corrected chi connectivity index (χ3v) is 6.17. The number of aryl methyl sites for hydroxylation is 1. The van der Waals surface area contributed by atoms with Gasteiger partial charge in [-0.15, -0.1) is 0 Å². The Morgan fingerprint density at radius 2 is 1.79 bits per heavy atom. The summed E-state index contributed by atoms with van der Waals surface area (Å²) in [5.74, 6) is -2.60. The Labute approximate surface area is 191 Å². The first-order chi connectivity index (χ1) is 15.6. The zero-order chi connectivity index (χ0) is 24.3. The molecule has 1 aliphatic carbocycles. The molecule has 1 aliphatic rings. The van der Waals surface area contributed by atoms with Crippen LogP contribution in [0, 0.1) is 26.6 Å². The van der Waals surface area contributed by atoms with Crippen molar-refractivity contribution in [3.63, 3.8) is 0 Å². The van der Waals surface area contributed by atoms with Gasteiger partial charge in [0.25, 0.3) is 17.6 Å². The topological polar surface area (TPSA) is 100 Å². The van der Waals surface area contributed by atoms with Gasteiger partial charge in [0.15, 0.2) is 0 Å². The average Bonchev–Trinajstić information content (AvgIpc) is 3.01. The van der Waals surface area contributed by atoms with Crippen LogP contribution >= 0.6 is 0 Å². The summed E-state index contributed by atoms with van der Waals surface area (Å²) in [6.07, 6.45) is 1.82. The first kappa shape index (κ1) is 24.6. The molecule has 7 nitrogen and oxygen atoms in total. The van der Waals surface area contributed by atoms with E-state index in [9.17, 15) is 28.3 Å². The normalized spacial score (nSPS) is 18.1. The summed E-state index contributed by atoms with van der Waals surface area (Å²) in [6, 6.07) is 3.92. The highest BCUT2D eigenvalue weighted by atomic mass is 19.1. The van der Waals surface area contributed by atoms with Gasteiger partial charge in [0, 0.05) is 17.4 Å². The summed E-state index contributed by atoms with van der Waals surface area (Å²) in [5, 5.41) is 15.0. The number of amides is 2. The van der Waals surface area contributed by atoms with Gasteiger partial charge in [0.2, 0.25) is 0 Å². The Morgan fingerprint density at radius 1 is 1.12 bits per heavy atom. The minimum atomic E-state index is -0.841. The number of anilines is 1. The molecule has 33 heavy (non-hydrogen) atoms. The molecule has 0 spiro atoms. The Balaban J connectivity index is 1.87. The van der Waals surface area contributed by atoms with Crippen LogP contribution in [0.4, 0.5) is 14.5 Å². The van der Waals surface area contributed by atoms with Gasteiger partial charge < -0.3 is 20.3 Å². The molecule has 0 atom stereocenters. The van der Waals surface area contributed by atoms with Crippen molar-refractivity contribution in [1.29, 1.82) is 0 Å². The van der Waals surface area contributed by atoms with Crippen LogP contribution < -0.4 is 10.6 Å². The number of rotatable bonds is 7. The van der Waals surface area contributed by atoms with Crippen molar-refractivity contribution in [1.82, 2.24) is 9.88 Å². The van der Waals surface area contributed by atoms with E-state index in [1.54, 1.807) is 20.8 Å². The van der Waals surface area contributed by atoms with E-state index in [-0.39, 0.29) is 29.4 Å². The summed E-state index contributed by atoms with van der Waals surface area (Å²) in [5.41, 5.74) is 1.51. The highest BCUT2D eigenvalue weighted by molar-refractivity contribution is 6.43. The number of nitrogens with zero attached hydrogens (tertiary/aromatic N) is 1. The maximum Gasteiger partial charge on any atom is 0.294 e. The fraction of sp³-hybridized carbons (Fsp3) is 0.458. The molecule has 1 aromatic carbocycles. The summed E-state index contributed by atoms with van der Waals surface area (Å²) in [4.78, 5) is 38.8. The van der Waals surface area contributed by atoms with Crippen molar-refractivity contribution in [2.45, 2.75) is 65.1 Å². The first-order valence-corrected chi connectivity index (χ1v) is 11.0. The number of aliphatic hydroxyl groups excluding tert-OH is 1. The predicted molar refractivity (Wildman–Crippen MR) is 120 cm³/mol. The van der Waals surface area contributed by atoms with Crippen LogP contribution in [0.2, 0.25) is 0 Å². The molecule has 0 radical (unpaired) electrons. The van der Waals surface area contributed by atoms with Crippen molar-refractivity contribution in [2.75, 3.05) is 12.0 Å². The maximum atomic E-state index is 13.5. The van der Waals surface area contributed by atoms with Crippen LogP contribution in [-0.4, -0.2) is 46.1 Å². The molecule has 1 heterocycles. The lowest BCUT2D eigenvalue weighted by Crippen LogP contribution is -2.42. The van der Waals surface area contributed by atoms with Gasteiger partial charge in [0.05, 0.1) is 23.9 Å². The van der Waals surface area contributed by atoms with Gasteiger partial charge in [0.1, 0.15) is 12.5 Å². The van der Waals surface area contributed by atoms with E-state index in [2.05, 4.69) is 10.6 Å². The van der Waals surface area contributed by atoms with Gasteiger partial charge in [-0.1, -0.05) is 0 Å². The van der Waals surface area contributed by atoms with Crippen molar-refractivity contribution < 1.29 is 28.3 Å². The lowest BCUT2D eigenvalue weighted by Gasteiger charge is -2.26. The molecule has 9 heteroatoms. The third kappa shape index (κ3) is 5.30. The van der Waals surface area contributed by atoms with Gasteiger partial charge >= 0.3 is 0 Å². The Kier molecular flexibility index (Phi) is 7.63. The number of nitrogens with one attached hydrogen (secondary N) is 2. The van der Waals surface area contributed by atoms with E-state index >= 15 is 0 Å². The Hall–Kier alpha value is -3.07. The van der Waals surface area contributed by atoms with Crippen molar-refractivity contribution in [2.24, 2.45) is 0 Å². The number of carbonyl (C=O) groups excluding carboxylic acids is 3. The van der Waals surface area contributed by atoms with Crippen LogP contribution in [0.15, 0.2) is 18.2 Å². The zero-order valence-electron chi connectivity index (χ0n) is 19.0. The quantitative estimate of drug-likeness (QED) is 0.435. The van der Waals surface area contributed by atoms with E-state index in [1.807, 2.05) is 0 Å². The minimum Gasteiger partial charge on any atom is -0.393 e. The zero-order valence-corrected chi connectivity index (χ0v) is 19.0. The summed E-state index contributed by atoms with van der Waals surface area (Å²) in [7, 11) is 0. The monoisotopic (exact) mass is 461 g/mol.